The fourth-order valence-electron chi connectivity index (χ4n) is 0.537. The maximum absolute atomic E-state index is 10.3. The Balaban J connectivity index is 0.000000810. The second kappa shape index (κ2) is 4.72. The van der Waals surface area contributed by atoms with E-state index in [1.54, 1.807) is 30.3 Å². The van der Waals surface area contributed by atoms with Crippen molar-refractivity contribution >= 4 is 11.1 Å². The summed E-state index contributed by atoms with van der Waals surface area (Å²) in [7, 11) is 0. The Kier molecular flexibility index (Phi) is 4.70. The third kappa shape index (κ3) is 2.69. The van der Waals surface area contributed by atoms with E-state index in [0.717, 1.165) is 0 Å². The van der Waals surface area contributed by atoms with Gasteiger partial charge in [0.05, 0.1) is 4.90 Å². The summed E-state index contributed by atoms with van der Waals surface area (Å²) in [4.78, 5) is 0.442. The first-order valence-electron chi connectivity index (χ1n) is 2.46. The SMILES string of the molecule is O=S(O)c1ccccc1.[Zn+2]. The van der Waals surface area contributed by atoms with E-state index in [9.17, 15) is 4.21 Å². The van der Waals surface area contributed by atoms with Crippen LogP contribution < -0.4 is 0 Å². The molecule has 48 valence electrons. The summed E-state index contributed by atoms with van der Waals surface area (Å²) in [5.74, 6) is 0. The standard InChI is InChI=1S/C6H6O2S.Zn/c7-9(8)6-4-2-1-3-5-6;/h1-5H,(H,7,8);/q;+2. The molecule has 1 unspecified atom stereocenters. The van der Waals surface area contributed by atoms with E-state index >= 15 is 0 Å². The van der Waals surface area contributed by atoms with Gasteiger partial charge in [0.25, 0.3) is 0 Å². The van der Waals surface area contributed by atoms with Gasteiger partial charge in [0.15, 0.2) is 11.1 Å². The monoisotopic (exact) mass is 206 g/mol. The molecule has 1 aromatic rings. The van der Waals surface area contributed by atoms with Crippen molar-refractivity contribution in [3.05, 3.63) is 30.3 Å². The van der Waals surface area contributed by atoms with Crippen LogP contribution in [-0.4, -0.2) is 8.76 Å². The van der Waals surface area contributed by atoms with Gasteiger partial charge in [-0.3, -0.25) is 0 Å². The van der Waals surface area contributed by atoms with Gasteiger partial charge < -0.3 is 4.55 Å². The van der Waals surface area contributed by atoms with Crippen LogP contribution in [0.25, 0.3) is 0 Å². The largest absolute Gasteiger partial charge is 2.00 e. The van der Waals surface area contributed by atoms with E-state index in [-0.39, 0.29) is 19.5 Å². The quantitative estimate of drug-likeness (QED) is 0.556. The molecule has 10 heavy (non-hydrogen) atoms. The summed E-state index contributed by atoms with van der Waals surface area (Å²) in [6.45, 7) is 0. The van der Waals surface area contributed by atoms with Crippen molar-refractivity contribution in [3.8, 4) is 0 Å². The molecular weight excluding hydrogens is 202 g/mol. The van der Waals surface area contributed by atoms with E-state index in [2.05, 4.69) is 0 Å². The third-order valence-corrected chi connectivity index (χ3v) is 1.62. The molecular formula is C6H6O2SZn+2. The molecule has 0 aliphatic heterocycles. The van der Waals surface area contributed by atoms with Gasteiger partial charge in [-0.1, -0.05) is 18.2 Å². The first-order chi connectivity index (χ1) is 4.30. The Labute approximate surface area is 74.7 Å². The molecule has 1 atom stereocenters. The average molecular weight is 208 g/mol. The van der Waals surface area contributed by atoms with Crippen LogP contribution in [0.1, 0.15) is 0 Å². The number of hydrogen-bond acceptors (Lipinski definition) is 1. The van der Waals surface area contributed by atoms with Crippen LogP contribution >= 0.6 is 0 Å². The maximum atomic E-state index is 10.3. The van der Waals surface area contributed by atoms with Crippen LogP contribution in [0.15, 0.2) is 35.2 Å². The second-order valence-corrected chi connectivity index (χ2v) is 2.53. The van der Waals surface area contributed by atoms with Gasteiger partial charge in [-0.05, 0) is 12.1 Å². The molecule has 0 radical (unpaired) electrons. The van der Waals surface area contributed by atoms with Crippen molar-refractivity contribution < 1.29 is 28.2 Å². The summed E-state index contributed by atoms with van der Waals surface area (Å²) in [6, 6.07) is 8.47. The van der Waals surface area contributed by atoms with Crippen LogP contribution in [0.5, 0.6) is 0 Å². The Morgan fingerprint density at radius 2 is 1.70 bits per heavy atom. The maximum Gasteiger partial charge on any atom is 2.00 e. The van der Waals surface area contributed by atoms with Crippen molar-refractivity contribution in [1.29, 1.82) is 0 Å². The van der Waals surface area contributed by atoms with E-state index in [0.29, 0.717) is 4.90 Å². The average Bonchev–Trinajstić information content (AvgIpc) is 1.90. The van der Waals surface area contributed by atoms with Crippen LogP contribution in [0.4, 0.5) is 0 Å². The molecule has 0 fully saturated rings. The van der Waals surface area contributed by atoms with Gasteiger partial charge in [0.1, 0.15) is 0 Å². The van der Waals surface area contributed by atoms with E-state index in [1.807, 2.05) is 0 Å². The Morgan fingerprint density at radius 1 is 1.20 bits per heavy atom. The molecule has 0 aromatic heterocycles. The van der Waals surface area contributed by atoms with Crippen LogP contribution in [0.3, 0.4) is 0 Å². The smallest absolute Gasteiger partial charge is 0.302 e. The summed E-state index contributed by atoms with van der Waals surface area (Å²) in [5.41, 5.74) is 0. The minimum atomic E-state index is -1.83. The predicted molar refractivity (Wildman–Crippen MR) is 35.5 cm³/mol. The Morgan fingerprint density at radius 3 is 2.00 bits per heavy atom. The van der Waals surface area contributed by atoms with Crippen molar-refractivity contribution in [2.45, 2.75) is 4.90 Å². The zero-order valence-electron chi connectivity index (χ0n) is 5.36. The minimum absolute atomic E-state index is 0. The Bertz CT molecular complexity index is 212. The molecule has 1 aromatic carbocycles. The van der Waals surface area contributed by atoms with Gasteiger partial charge in [-0.2, -0.15) is 0 Å². The number of rotatable bonds is 1. The van der Waals surface area contributed by atoms with Gasteiger partial charge in [-0.15, -0.1) is 0 Å². The van der Waals surface area contributed by atoms with Crippen molar-refractivity contribution in [2.24, 2.45) is 0 Å². The van der Waals surface area contributed by atoms with Crippen LogP contribution in [-0.2, 0) is 30.6 Å². The van der Waals surface area contributed by atoms with Crippen LogP contribution in [0.2, 0.25) is 0 Å². The molecule has 0 spiro atoms. The third-order valence-electron chi connectivity index (χ3n) is 0.945. The molecule has 0 amide bonds. The van der Waals surface area contributed by atoms with Crippen molar-refractivity contribution in [1.82, 2.24) is 0 Å². The van der Waals surface area contributed by atoms with Gasteiger partial charge in [0, 0.05) is 0 Å². The molecule has 0 aliphatic rings. The molecule has 0 heterocycles. The molecule has 1 N–H and O–H groups in total. The molecule has 4 heteroatoms. The zero-order chi connectivity index (χ0) is 6.69. The Hall–Kier alpha value is -0.0466. The predicted octanol–water partition coefficient (Wildman–Crippen LogP) is 1.26. The first kappa shape index (κ1) is 9.95. The van der Waals surface area contributed by atoms with Gasteiger partial charge in [0.2, 0.25) is 0 Å². The topological polar surface area (TPSA) is 37.3 Å². The van der Waals surface area contributed by atoms with Gasteiger partial charge in [-0.25, -0.2) is 4.21 Å². The second-order valence-electron chi connectivity index (χ2n) is 1.56. The molecule has 1 rings (SSSR count). The number of benzene rings is 1. The fourth-order valence-corrected chi connectivity index (χ4v) is 0.927. The van der Waals surface area contributed by atoms with E-state index < -0.39 is 11.1 Å². The van der Waals surface area contributed by atoms with Crippen molar-refractivity contribution in [2.75, 3.05) is 0 Å². The van der Waals surface area contributed by atoms with E-state index in [1.165, 1.54) is 0 Å². The summed E-state index contributed by atoms with van der Waals surface area (Å²) < 4.78 is 18.8. The first-order valence-corrected chi connectivity index (χ1v) is 3.57. The zero-order valence-corrected chi connectivity index (χ0v) is 9.14. The molecule has 0 bridgehead atoms. The van der Waals surface area contributed by atoms with E-state index in [4.69, 9.17) is 4.55 Å². The molecule has 2 nitrogen and oxygen atoms in total. The summed E-state index contributed by atoms with van der Waals surface area (Å²) in [5, 5.41) is 0. The summed E-state index contributed by atoms with van der Waals surface area (Å²) in [6.07, 6.45) is 0. The van der Waals surface area contributed by atoms with Gasteiger partial charge >= 0.3 is 19.5 Å². The number of hydrogen-bond donors (Lipinski definition) is 1. The molecule has 0 aliphatic carbocycles. The van der Waals surface area contributed by atoms with Crippen molar-refractivity contribution in [3.63, 3.8) is 0 Å². The fraction of sp³-hybridized carbons (Fsp3) is 0. The molecule has 0 saturated heterocycles. The summed E-state index contributed by atoms with van der Waals surface area (Å²) >= 11 is -1.83. The normalized spacial score (nSPS) is 11.7. The van der Waals surface area contributed by atoms with Crippen LogP contribution in [0, 0.1) is 0 Å². The minimum Gasteiger partial charge on any atom is -0.302 e. The molecule has 0 saturated carbocycles.